The minimum atomic E-state index is -4.45. The zero-order valence-corrected chi connectivity index (χ0v) is 14.2. The Morgan fingerprint density at radius 1 is 1.29 bits per heavy atom. The van der Waals surface area contributed by atoms with E-state index in [9.17, 15) is 13.2 Å². The number of rotatable bonds is 3. The fraction of sp³-hybridized carbons (Fsp3) is 0.333. The van der Waals surface area contributed by atoms with Crippen molar-refractivity contribution in [3.63, 3.8) is 0 Å². The minimum Gasteiger partial charge on any atom is -0.308 e. The van der Waals surface area contributed by atoms with Crippen LogP contribution in [0.25, 0.3) is 0 Å². The van der Waals surface area contributed by atoms with E-state index in [1.54, 1.807) is 20.2 Å². The van der Waals surface area contributed by atoms with Gasteiger partial charge in [0.2, 0.25) is 0 Å². The molecule has 0 aliphatic heterocycles. The van der Waals surface area contributed by atoms with Crippen LogP contribution in [0.5, 0.6) is 0 Å². The lowest BCUT2D eigenvalue weighted by Gasteiger charge is -2.21. The highest BCUT2D eigenvalue weighted by Gasteiger charge is 2.36. The van der Waals surface area contributed by atoms with Crippen LogP contribution in [0.4, 0.5) is 13.2 Å². The summed E-state index contributed by atoms with van der Waals surface area (Å²) in [6.45, 7) is 0. The highest BCUT2D eigenvalue weighted by molar-refractivity contribution is 9.10. The number of benzene rings is 1. The molecule has 0 saturated heterocycles. The van der Waals surface area contributed by atoms with Crippen LogP contribution in [-0.2, 0) is 13.2 Å². The topological polar surface area (TPSA) is 42.7 Å². The van der Waals surface area contributed by atoms with Crippen LogP contribution in [0.3, 0.4) is 0 Å². The molecule has 4 nitrogen and oxygen atoms in total. The summed E-state index contributed by atoms with van der Waals surface area (Å²) in [6, 6.07) is 3.39. The number of hydrogen-bond acceptors (Lipinski definition) is 3. The smallest absolute Gasteiger partial charge is 0.308 e. The van der Waals surface area contributed by atoms with E-state index in [4.69, 9.17) is 0 Å². The molecule has 1 aromatic heterocycles. The average molecular weight is 428 g/mol. The number of halogens is 5. The van der Waals surface area contributed by atoms with E-state index in [2.05, 4.69) is 47.5 Å². The number of aromatic nitrogens is 3. The maximum atomic E-state index is 13.3. The zero-order valence-electron chi connectivity index (χ0n) is 11.0. The summed E-state index contributed by atoms with van der Waals surface area (Å²) in [4.78, 5) is 0. The van der Waals surface area contributed by atoms with E-state index in [0.717, 1.165) is 6.07 Å². The van der Waals surface area contributed by atoms with Crippen molar-refractivity contribution in [2.45, 2.75) is 12.2 Å². The Bertz CT molecular complexity index is 635. The highest BCUT2D eigenvalue weighted by atomic mass is 79.9. The average Bonchev–Trinajstić information content (AvgIpc) is 2.72. The van der Waals surface area contributed by atoms with Crippen molar-refractivity contribution in [2.75, 3.05) is 7.05 Å². The van der Waals surface area contributed by atoms with Crippen LogP contribution < -0.4 is 5.32 Å². The van der Waals surface area contributed by atoms with E-state index in [0.29, 0.717) is 14.8 Å². The van der Waals surface area contributed by atoms with Gasteiger partial charge in [0.05, 0.1) is 17.3 Å². The van der Waals surface area contributed by atoms with Crippen molar-refractivity contribution in [3.05, 3.63) is 44.1 Å². The molecule has 0 saturated carbocycles. The first kappa shape index (κ1) is 16.4. The third-order valence-corrected chi connectivity index (χ3v) is 4.08. The van der Waals surface area contributed by atoms with Crippen molar-refractivity contribution < 1.29 is 13.2 Å². The van der Waals surface area contributed by atoms with Gasteiger partial charge in [-0.3, -0.25) is 0 Å². The fourth-order valence-electron chi connectivity index (χ4n) is 2.11. The van der Waals surface area contributed by atoms with Crippen LogP contribution in [-0.4, -0.2) is 22.0 Å². The zero-order chi connectivity index (χ0) is 15.8. The molecule has 0 amide bonds. The molecule has 1 aromatic carbocycles. The van der Waals surface area contributed by atoms with Gasteiger partial charge in [-0.1, -0.05) is 27.2 Å². The molecule has 0 fully saturated rings. The molecule has 0 aliphatic carbocycles. The Balaban J connectivity index is 2.64. The molecule has 0 spiro atoms. The van der Waals surface area contributed by atoms with Crippen molar-refractivity contribution in [1.29, 1.82) is 0 Å². The summed E-state index contributed by atoms with van der Waals surface area (Å²) < 4.78 is 42.0. The number of nitrogens with one attached hydrogen (secondary N) is 1. The van der Waals surface area contributed by atoms with Gasteiger partial charge in [0, 0.05) is 11.5 Å². The quantitative estimate of drug-likeness (QED) is 0.812. The maximum Gasteiger partial charge on any atom is 0.416 e. The summed E-state index contributed by atoms with van der Waals surface area (Å²) in [5.74, 6) is 0. The van der Waals surface area contributed by atoms with Gasteiger partial charge in [0.1, 0.15) is 0 Å². The summed E-state index contributed by atoms with van der Waals surface area (Å²) in [5.41, 5.74) is -0.0750. The van der Waals surface area contributed by atoms with E-state index >= 15 is 0 Å². The lowest BCUT2D eigenvalue weighted by molar-refractivity contribution is -0.138. The van der Waals surface area contributed by atoms with Crippen LogP contribution >= 0.6 is 31.9 Å². The monoisotopic (exact) mass is 426 g/mol. The highest BCUT2D eigenvalue weighted by Crippen LogP contribution is 2.38. The van der Waals surface area contributed by atoms with Crippen LogP contribution in [0.1, 0.15) is 22.9 Å². The first-order chi connectivity index (χ1) is 9.75. The van der Waals surface area contributed by atoms with Gasteiger partial charge in [-0.2, -0.15) is 13.2 Å². The predicted molar refractivity (Wildman–Crippen MR) is 78.7 cm³/mol. The molecule has 21 heavy (non-hydrogen) atoms. The molecule has 1 unspecified atom stereocenters. The van der Waals surface area contributed by atoms with Crippen molar-refractivity contribution in [2.24, 2.45) is 7.05 Å². The fourth-order valence-corrected chi connectivity index (χ4v) is 3.03. The van der Waals surface area contributed by atoms with Gasteiger partial charge in [-0.25, -0.2) is 4.68 Å². The Labute approximate surface area is 136 Å². The maximum absolute atomic E-state index is 13.3. The lowest BCUT2D eigenvalue weighted by atomic mass is 9.98. The molecule has 1 N–H and O–H groups in total. The van der Waals surface area contributed by atoms with Crippen molar-refractivity contribution in [1.82, 2.24) is 20.3 Å². The molecular weight excluding hydrogens is 417 g/mol. The van der Waals surface area contributed by atoms with Gasteiger partial charge >= 0.3 is 6.18 Å². The van der Waals surface area contributed by atoms with Gasteiger partial charge in [0.15, 0.2) is 4.60 Å². The van der Waals surface area contributed by atoms with E-state index < -0.39 is 17.8 Å². The predicted octanol–water partition coefficient (Wildman–Crippen LogP) is 3.67. The summed E-state index contributed by atoms with van der Waals surface area (Å²) >= 11 is 6.30. The first-order valence-corrected chi connectivity index (χ1v) is 7.43. The molecule has 9 heteroatoms. The number of nitrogens with zero attached hydrogens (tertiary/aromatic N) is 3. The molecule has 114 valence electrons. The third-order valence-electron chi connectivity index (χ3n) is 3.02. The van der Waals surface area contributed by atoms with E-state index in [-0.39, 0.29) is 5.56 Å². The summed E-state index contributed by atoms with van der Waals surface area (Å²) in [5, 5.41) is 10.5. The van der Waals surface area contributed by atoms with Gasteiger partial charge < -0.3 is 5.32 Å². The standard InChI is InChI=1S/C12H11Br2F3N4/c1-18-9(10-11(14)19-20-21(10)2)7-4-3-6(13)5-8(7)12(15,16)17/h3-5,9,18H,1-2H3. The summed E-state index contributed by atoms with van der Waals surface area (Å²) in [6.07, 6.45) is -4.45. The Morgan fingerprint density at radius 3 is 2.43 bits per heavy atom. The molecule has 2 aromatic rings. The molecule has 0 radical (unpaired) electrons. The lowest BCUT2D eigenvalue weighted by Crippen LogP contribution is -2.24. The number of hydrogen-bond donors (Lipinski definition) is 1. The molecule has 0 bridgehead atoms. The van der Waals surface area contributed by atoms with Crippen molar-refractivity contribution >= 4 is 31.9 Å². The minimum absolute atomic E-state index is 0.110. The number of alkyl halides is 3. The second kappa shape index (κ2) is 6.05. The first-order valence-electron chi connectivity index (χ1n) is 5.84. The molecular formula is C12H11Br2F3N4. The Kier molecular flexibility index (Phi) is 4.74. The number of aryl methyl sites for hydroxylation is 1. The Morgan fingerprint density at radius 2 is 1.95 bits per heavy atom. The van der Waals surface area contributed by atoms with Crippen LogP contribution in [0, 0.1) is 0 Å². The largest absolute Gasteiger partial charge is 0.416 e. The molecule has 2 rings (SSSR count). The Hall–Kier alpha value is -0.930. The second-order valence-electron chi connectivity index (χ2n) is 4.34. The van der Waals surface area contributed by atoms with E-state index in [1.165, 1.54) is 10.7 Å². The second-order valence-corrected chi connectivity index (χ2v) is 6.01. The van der Waals surface area contributed by atoms with Gasteiger partial charge in [-0.05, 0) is 40.7 Å². The van der Waals surface area contributed by atoms with Gasteiger partial charge in [-0.15, -0.1) is 5.10 Å². The van der Waals surface area contributed by atoms with Crippen LogP contribution in [0.15, 0.2) is 27.3 Å². The molecule has 0 aliphatic rings. The third kappa shape index (κ3) is 3.29. The van der Waals surface area contributed by atoms with E-state index in [1.807, 2.05) is 0 Å². The summed E-state index contributed by atoms with van der Waals surface area (Å²) in [7, 11) is 3.22. The molecule has 1 atom stereocenters. The normalized spacial score (nSPS) is 13.5. The van der Waals surface area contributed by atoms with Gasteiger partial charge in [0.25, 0.3) is 0 Å². The van der Waals surface area contributed by atoms with Crippen LogP contribution in [0.2, 0.25) is 0 Å². The SMILES string of the molecule is CNC(c1ccc(Br)cc1C(F)(F)F)c1c(Br)nnn1C. The molecule has 1 heterocycles. The van der Waals surface area contributed by atoms with Crippen molar-refractivity contribution in [3.8, 4) is 0 Å².